The van der Waals surface area contributed by atoms with E-state index in [1.54, 1.807) is 0 Å². The van der Waals surface area contributed by atoms with E-state index < -0.39 is 7.26 Å². The largest absolute Gasteiger partial charge is 0.167 e. The van der Waals surface area contributed by atoms with E-state index >= 15 is 0 Å². The molecule has 0 heterocycles. The van der Waals surface area contributed by atoms with Crippen molar-refractivity contribution >= 4 is 18.9 Å². The average Bonchev–Trinajstić information content (AvgIpc) is 2.55. The first kappa shape index (κ1) is 19.0. The van der Waals surface area contributed by atoms with Crippen LogP contribution < -0.4 is 0 Å². The van der Waals surface area contributed by atoms with Crippen molar-refractivity contribution < 1.29 is 0 Å². The van der Waals surface area contributed by atoms with Crippen LogP contribution in [0.1, 0.15) is 70.0 Å². The summed E-state index contributed by atoms with van der Waals surface area (Å²) in [4.78, 5) is 0. The second kappa shape index (κ2) is 10.6. The zero-order chi connectivity index (χ0) is 15.6. The number of alkyl halides is 1. The summed E-state index contributed by atoms with van der Waals surface area (Å²) in [5.41, 5.74) is 1.36. The SMILES string of the molecule is CCCC[P+](CCCC)(CCCC)C(Cl)c1ccccc1. The lowest BCUT2D eigenvalue weighted by atomic mass is 10.2. The molecule has 0 aliphatic carbocycles. The minimum absolute atomic E-state index is 0.267. The Balaban J connectivity index is 2.99. The lowest BCUT2D eigenvalue weighted by Crippen LogP contribution is -2.14. The highest BCUT2D eigenvalue weighted by molar-refractivity contribution is 7.77. The number of hydrogen-bond acceptors (Lipinski definition) is 0. The molecule has 0 aromatic heterocycles. The summed E-state index contributed by atoms with van der Waals surface area (Å²) >= 11 is 7.09. The van der Waals surface area contributed by atoms with E-state index in [1.807, 2.05) is 0 Å². The van der Waals surface area contributed by atoms with Gasteiger partial charge in [0.25, 0.3) is 0 Å². The van der Waals surface area contributed by atoms with E-state index in [0.717, 1.165) is 0 Å². The highest BCUT2D eigenvalue weighted by Crippen LogP contribution is 2.72. The molecule has 0 aliphatic rings. The van der Waals surface area contributed by atoms with E-state index in [-0.39, 0.29) is 5.12 Å². The van der Waals surface area contributed by atoms with Crippen molar-refractivity contribution in [3.63, 3.8) is 0 Å². The molecule has 0 bridgehead atoms. The molecule has 0 radical (unpaired) electrons. The van der Waals surface area contributed by atoms with Gasteiger partial charge in [0.2, 0.25) is 0 Å². The van der Waals surface area contributed by atoms with Gasteiger partial charge in [-0.1, -0.05) is 82.0 Å². The molecule has 0 nitrogen and oxygen atoms in total. The topological polar surface area (TPSA) is 0 Å². The van der Waals surface area contributed by atoms with Crippen LogP contribution in [-0.4, -0.2) is 18.5 Å². The van der Waals surface area contributed by atoms with Crippen LogP contribution in [0, 0.1) is 0 Å². The average molecular weight is 328 g/mol. The first-order valence-electron chi connectivity index (χ1n) is 8.75. The smallest absolute Gasteiger partial charge is 0.0734 e. The van der Waals surface area contributed by atoms with Crippen LogP contribution in [0.15, 0.2) is 30.3 Å². The number of hydrogen-bond donors (Lipinski definition) is 0. The molecule has 0 aliphatic heterocycles. The first-order valence-corrected chi connectivity index (χ1v) is 11.6. The Hall–Kier alpha value is -0.0600. The molecule has 0 spiro atoms. The van der Waals surface area contributed by atoms with Crippen molar-refractivity contribution in [2.24, 2.45) is 0 Å². The van der Waals surface area contributed by atoms with E-state index in [4.69, 9.17) is 11.6 Å². The number of halogens is 1. The van der Waals surface area contributed by atoms with Gasteiger partial charge in [0.1, 0.15) is 0 Å². The number of benzene rings is 1. The Morgan fingerprint density at radius 3 is 1.62 bits per heavy atom. The highest BCUT2D eigenvalue weighted by atomic mass is 35.5. The minimum Gasteiger partial charge on any atom is -0.0734 e. The summed E-state index contributed by atoms with van der Waals surface area (Å²) in [6.45, 7) is 6.92. The monoisotopic (exact) mass is 327 g/mol. The lowest BCUT2D eigenvalue weighted by molar-refractivity contribution is 0.830. The quantitative estimate of drug-likeness (QED) is 0.294. The third-order valence-electron chi connectivity index (χ3n) is 4.43. The highest BCUT2D eigenvalue weighted by Gasteiger charge is 2.43. The molecule has 0 saturated carbocycles. The van der Waals surface area contributed by atoms with E-state index in [1.165, 1.54) is 62.6 Å². The molecule has 21 heavy (non-hydrogen) atoms. The second-order valence-corrected chi connectivity index (χ2v) is 11.2. The lowest BCUT2D eigenvalue weighted by Gasteiger charge is -2.32. The van der Waals surface area contributed by atoms with Gasteiger partial charge in [-0.2, -0.15) is 0 Å². The van der Waals surface area contributed by atoms with E-state index in [9.17, 15) is 0 Å². The second-order valence-electron chi connectivity index (χ2n) is 6.20. The van der Waals surface area contributed by atoms with Crippen molar-refractivity contribution in [3.8, 4) is 0 Å². The predicted octanol–water partition coefficient (Wildman–Crippen LogP) is 7.34. The molecule has 1 unspecified atom stereocenters. The van der Waals surface area contributed by atoms with Gasteiger partial charge in [0, 0.05) is 12.8 Å². The van der Waals surface area contributed by atoms with Crippen LogP contribution in [0.5, 0.6) is 0 Å². The Labute approximate surface area is 138 Å². The molecule has 0 saturated heterocycles. The standard InChI is InChI=1S/C19H33ClP/c1-4-7-15-21(16-8-5-2,17-9-6-3)19(20)18-13-11-10-12-14-18/h10-14,19H,4-9,15-17H2,1-3H3/q+1. The maximum Gasteiger partial charge on any atom is 0.167 e. The van der Waals surface area contributed by atoms with E-state index in [2.05, 4.69) is 51.1 Å². The predicted molar refractivity (Wildman–Crippen MR) is 101 cm³/mol. The fourth-order valence-electron chi connectivity index (χ4n) is 3.02. The maximum absolute atomic E-state index is 7.09. The van der Waals surface area contributed by atoms with Gasteiger partial charge >= 0.3 is 0 Å². The van der Waals surface area contributed by atoms with Gasteiger partial charge in [-0.05, 0) is 19.3 Å². The third-order valence-corrected chi connectivity index (χ3v) is 10.8. The fourth-order valence-corrected chi connectivity index (χ4v) is 9.04. The van der Waals surface area contributed by atoms with Crippen LogP contribution in [0.2, 0.25) is 0 Å². The third kappa shape index (κ3) is 5.91. The van der Waals surface area contributed by atoms with Gasteiger partial charge < -0.3 is 0 Å². The van der Waals surface area contributed by atoms with Crippen LogP contribution >= 0.6 is 18.9 Å². The fraction of sp³-hybridized carbons (Fsp3) is 0.684. The van der Waals surface area contributed by atoms with Gasteiger partial charge in [0.15, 0.2) is 5.12 Å². The summed E-state index contributed by atoms with van der Waals surface area (Å²) < 4.78 is 0. The van der Waals surface area contributed by atoms with Gasteiger partial charge in [-0.15, -0.1) is 0 Å². The van der Waals surface area contributed by atoms with E-state index in [0.29, 0.717) is 0 Å². The molecular formula is C19H33ClP+. The molecule has 0 amide bonds. The molecule has 1 aromatic rings. The zero-order valence-corrected chi connectivity index (χ0v) is 15.8. The summed E-state index contributed by atoms with van der Waals surface area (Å²) in [6, 6.07) is 10.8. The molecular weight excluding hydrogens is 295 g/mol. The summed E-state index contributed by atoms with van der Waals surface area (Å²) in [7, 11) is -1.09. The normalized spacial score (nSPS) is 13.3. The van der Waals surface area contributed by atoms with Crippen LogP contribution in [0.25, 0.3) is 0 Å². The molecule has 0 N–H and O–H groups in total. The zero-order valence-electron chi connectivity index (χ0n) is 14.2. The molecule has 2 heteroatoms. The van der Waals surface area contributed by atoms with Crippen LogP contribution in [0.3, 0.4) is 0 Å². The Morgan fingerprint density at radius 1 is 0.810 bits per heavy atom. The molecule has 1 rings (SSSR count). The summed E-state index contributed by atoms with van der Waals surface area (Å²) in [5.74, 6) is 0. The Kier molecular flexibility index (Phi) is 9.61. The maximum atomic E-state index is 7.09. The number of rotatable bonds is 11. The van der Waals surface area contributed by atoms with Crippen molar-refractivity contribution in [1.29, 1.82) is 0 Å². The molecule has 0 fully saturated rings. The van der Waals surface area contributed by atoms with Crippen molar-refractivity contribution in [2.45, 2.75) is 64.4 Å². The Morgan fingerprint density at radius 2 is 1.24 bits per heavy atom. The molecule has 1 atom stereocenters. The first-order chi connectivity index (χ1) is 10.2. The van der Waals surface area contributed by atoms with Gasteiger partial charge in [-0.3, -0.25) is 0 Å². The summed E-state index contributed by atoms with van der Waals surface area (Å²) in [5, 5.41) is 0.267. The minimum atomic E-state index is -1.09. The van der Waals surface area contributed by atoms with Gasteiger partial charge in [-0.25, -0.2) is 0 Å². The van der Waals surface area contributed by atoms with Crippen molar-refractivity contribution in [3.05, 3.63) is 35.9 Å². The van der Waals surface area contributed by atoms with Crippen molar-refractivity contribution in [2.75, 3.05) is 18.5 Å². The molecule has 1 aromatic carbocycles. The van der Waals surface area contributed by atoms with Crippen molar-refractivity contribution in [1.82, 2.24) is 0 Å². The molecule has 120 valence electrons. The summed E-state index contributed by atoms with van der Waals surface area (Å²) in [6.07, 6.45) is 12.0. The van der Waals surface area contributed by atoms with Crippen LogP contribution in [0.4, 0.5) is 0 Å². The number of unbranched alkanes of at least 4 members (excludes halogenated alkanes) is 3. The van der Waals surface area contributed by atoms with Gasteiger partial charge in [0.05, 0.1) is 18.5 Å². The van der Waals surface area contributed by atoms with Crippen LogP contribution in [-0.2, 0) is 0 Å². The Bertz CT molecular complexity index is 341.